The number of nitrogens with one attached hydrogen (secondary N) is 1. The fraction of sp³-hybridized carbons (Fsp3) is 0.538. The SMILES string of the molecule is CC1CCC(Nc2cc(Cl)c(O)c(Cl)c2)CC1. The molecule has 0 saturated heterocycles. The van der Waals surface area contributed by atoms with Gasteiger partial charge in [0, 0.05) is 11.7 Å². The summed E-state index contributed by atoms with van der Waals surface area (Å²) in [5, 5.41) is 13.5. The van der Waals surface area contributed by atoms with E-state index >= 15 is 0 Å². The molecule has 1 aliphatic rings. The molecule has 2 rings (SSSR count). The summed E-state index contributed by atoms with van der Waals surface area (Å²) in [7, 11) is 0. The molecule has 0 aromatic heterocycles. The van der Waals surface area contributed by atoms with E-state index in [0.717, 1.165) is 11.6 Å². The summed E-state index contributed by atoms with van der Waals surface area (Å²) in [5.74, 6) is 0.788. The number of rotatable bonds is 2. The Kier molecular flexibility index (Phi) is 4.05. The van der Waals surface area contributed by atoms with Crippen LogP contribution in [-0.4, -0.2) is 11.1 Å². The number of aromatic hydroxyl groups is 1. The average Bonchev–Trinajstić information content (AvgIpc) is 2.29. The van der Waals surface area contributed by atoms with Crippen LogP contribution in [0.1, 0.15) is 32.6 Å². The first-order valence-electron chi connectivity index (χ1n) is 6.01. The van der Waals surface area contributed by atoms with E-state index in [9.17, 15) is 5.11 Å². The van der Waals surface area contributed by atoms with E-state index in [1.807, 2.05) is 0 Å². The Morgan fingerprint density at radius 3 is 2.18 bits per heavy atom. The monoisotopic (exact) mass is 273 g/mol. The molecule has 0 radical (unpaired) electrons. The average molecular weight is 274 g/mol. The van der Waals surface area contributed by atoms with E-state index in [2.05, 4.69) is 12.2 Å². The van der Waals surface area contributed by atoms with Gasteiger partial charge in [0.15, 0.2) is 5.75 Å². The van der Waals surface area contributed by atoms with Crippen molar-refractivity contribution in [3.05, 3.63) is 22.2 Å². The summed E-state index contributed by atoms with van der Waals surface area (Å²) in [6.45, 7) is 2.30. The van der Waals surface area contributed by atoms with Gasteiger partial charge in [-0.3, -0.25) is 0 Å². The second-order valence-corrected chi connectivity index (χ2v) is 5.70. The third-order valence-electron chi connectivity index (χ3n) is 3.40. The van der Waals surface area contributed by atoms with E-state index in [-0.39, 0.29) is 5.75 Å². The van der Waals surface area contributed by atoms with Gasteiger partial charge in [-0.25, -0.2) is 0 Å². The van der Waals surface area contributed by atoms with Gasteiger partial charge in [-0.15, -0.1) is 0 Å². The molecule has 0 heterocycles. The van der Waals surface area contributed by atoms with E-state index in [0.29, 0.717) is 16.1 Å². The summed E-state index contributed by atoms with van der Waals surface area (Å²) in [4.78, 5) is 0. The molecular formula is C13H17Cl2NO. The van der Waals surface area contributed by atoms with E-state index in [1.165, 1.54) is 25.7 Å². The Labute approximate surface area is 112 Å². The minimum atomic E-state index is -0.0452. The van der Waals surface area contributed by atoms with Gasteiger partial charge in [0.2, 0.25) is 0 Å². The zero-order valence-electron chi connectivity index (χ0n) is 9.84. The minimum Gasteiger partial charge on any atom is -0.505 e. The molecule has 1 saturated carbocycles. The van der Waals surface area contributed by atoms with Crippen LogP contribution in [0.3, 0.4) is 0 Å². The molecule has 0 amide bonds. The normalized spacial score (nSPS) is 24.6. The summed E-state index contributed by atoms with van der Waals surface area (Å²) >= 11 is 11.8. The van der Waals surface area contributed by atoms with Gasteiger partial charge < -0.3 is 10.4 Å². The molecule has 0 aliphatic heterocycles. The molecule has 94 valence electrons. The molecule has 1 fully saturated rings. The van der Waals surface area contributed by atoms with Gasteiger partial charge in [-0.2, -0.15) is 0 Å². The van der Waals surface area contributed by atoms with Gasteiger partial charge in [0.05, 0.1) is 10.0 Å². The van der Waals surface area contributed by atoms with E-state index < -0.39 is 0 Å². The number of hydrogen-bond donors (Lipinski definition) is 2. The van der Waals surface area contributed by atoms with Gasteiger partial charge in [0.1, 0.15) is 0 Å². The summed E-state index contributed by atoms with van der Waals surface area (Å²) in [6.07, 6.45) is 4.88. The summed E-state index contributed by atoms with van der Waals surface area (Å²) in [6, 6.07) is 3.93. The molecular weight excluding hydrogens is 257 g/mol. The lowest BCUT2D eigenvalue weighted by atomic mass is 9.87. The number of halogens is 2. The molecule has 0 spiro atoms. The maximum Gasteiger partial charge on any atom is 0.152 e. The van der Waals surface area contributed by atoms with Crippen LogP contribution in [0.15, 0.2) is 12.1 Å². The number of benzene rings is 1. The van der Waals surface area contributed by atoms with Crippen LogP contribution in [-0.2, 0) is 0 Å². The highest BCUT2D eigenvalue weighted by atomic mass is 35.5. The topological polar surface area (TPSA) is 32.3 Å². The molecule has 0 bridgehead atoms. The Morgan fingerprint density at radius 2 is 1.65 bits per heavy atom. The third-order valence-corrected chi connectivity index (χ3v) is 3.98. The first-order valence-corrected chi connectivity index (χ1v) is 6.76. The highest BCUT2D eigenvalue weighted by Gasteiger charge is 2.18. The van der Waals surface area contributed by atoms with Gasteiger partial charge >= 0.3 is 0 Å². The van der Waals surface area contributed by atoms with Crippen molar-refractivity contribution in [1.29, 1.82) is 0 Å². The molecule has 1 aliphatic carbocycles. The van der Waals surface area contributed by atoms with Crippen molar-refractivity contribution in [1.82, 2.24) is 0 Å². The van der Waals surface area contributed by atoms with Crippen molar-refractivity contribution in [2.24, 2.45) is 5.92 Å². The minimum absolute atomic E-state index is 0.0452. The lowest BCUT2D eigenvalue weighted by Crippen LogP contribution is -2.25. The standard InChI is InChI=1S/C13H17Cl2NO/c1-8-2-4-9(5-3-8)16-10-6-11(14)13(17)12(15)7-10/h6-9,16-17H,2-5H2,1H3. The van der Waals surface area contributed by atoms with Gasteiger partial charge in [0.25, 0.3) is 0 Å². The highest BCUT2D eigenvalue weighted by Crippen LogP contribution is 2.35. The van der Waals surface area contributed by atoms with Crippen molar-refractivity contribution in [2.45, 2.75) is 38.6 Å². The first kappa shape index (κ1) is 12.8. The second-order valence-electron chi connectivity index (χ2n) is 4.89. The first-order chi connectivity index (χ1) is 8.06. The lowest BCUT2D eigenvalue weighted by Gasteiger charge is -2.27. The lowest BCUT2D eigenvalue weighted by molar-refractivity contribution is 0.361. The Bertz CT molecular complexity index is 377. The summed E-state index contributed by atoms with van der Waals surface area (Å²) < 4.78 is 0. The smallest absolute Gasteiger partial charge is 0.152 e. The van der Waals surface area contributed by atoms with E-state index in [4.69, 9.17) is 23.2 Å². The quantitative estimate of drug-likeness (QED) is 0.767. The maximum atomic E-state index is 9.48. The van der Waals surface area contributed by atoms with Crippen LogP contribution >= 0.6 is 23.2 Å². The third kappa shape index (κ3) is 3.20. The number of hydrogen-bond acceptors (Lipinski definition) is 2. The second kappa shape index (κ2) is 5.36. The van der Waals surface area contributed by atoms with Crippen LogP contribution in [0.4, 0.5) is 5.69 Å². The highest BCUT2D eigenvalue weighted by molar-refractivity contribution is 6.37. The predicted octanol–water partition coefficient (Wildman–Crippen LogP) is 4.69. The fourth-order valence-electron chi connectivity index (χ4n) is 2.29. The van der Waals surface area contributed by atoms with Crippen LogP contribution in [0.5, 0.6) is 5.75 Å². The molecule has 4 heteroatoms. The van der Waals surface area contributed by atoms with Crippen LogP contribution < -0.4 is 5.32 Å². The van der Waals surface area contributed by atoms with Crippen molar-refractivity contribution in [3.63, 3.8) is 0 Å². The van der Waals surface area contributed by atoms with E-state index in [1.54, 1.807) is 12.1 Å². The summed E-state index contributed by atoms with van der Waals surface area (Å²) in [5.41, 5.74) is 0.886. The Balaban J connectivity index is 2.04. The predicted molar refractivity (Wildman–Crippen MR) is 73.2 cm³/mol. The van der Waals surface area contributed by atoms with Crippen molar-refractivity contribution < 1.29 is 5.11 Å². The number of anilines is 1. The van der Waals surface area contributed by atoms with Gasteiger partial charge in [-0.1, -0.05) is 30.1 Å². The van der Waals surface area contributed by atoms with Crippen LogP contribution in [0.25, 0.3) is 0 Å². The number of phenolic OH excluding ortho intramolecular Hbond substituents is 1. The molecule has 17 heavy (non-hydrogen) atoms. The fourth-order valence-corrected chi connectivity index (χ4v) is 2.78. The zero-order valence-corrected chi connectivity index (χ0v) is 11.4. The molecule has 0 unspecified atom stereocenters. The number of phenols is 1. The van der Waals surface area contributed by atoms with Gasteiger partial charge in [-0.05, 0) is 43.7 Å². The van der Waals surface area contributed by atoms with Crippen molar-refractivity contribution in [2.75, 3.05) is 5.32 Å². The molecule has 1 aromatic carbocycles. The molecule has 0 atom stereocenters. The largest absolute Gasteiger partial charge is 0.505 e. The van der Waals surface area contributed by atoms with Crippen LogP contribution in [0, 0.1) is 5.92 Å². The molecule has 2 N–H and O–H groups in total. The molecule has 2 nitrogen and oxygen atoms in total. The Hall–Kier alpha value is -0.600. The maximum absolute atomic E-state index is 9.48. The zero-order chi connectivity index (χ0) is 12.4. The molecule has 1 aromatic rings. The van der Waals surface area contributed by atoms with Crippen molar-refractivity contribution >= 4 is 28.9 Å². The van der Waals surface area contributed by atoms with Crippen molar-refractivity contribution in [3.8, 4) is 5.75 Å². The Morgan fingerprint density at radius 1 is 1.12 bits per heavy atom. The van der Waals surface area contributed by atoms with Crippen LogP contribution in [0.2, 0.25) is 10.0 Å².